The summed E-state index contributed by atoms with van der Waals surface area (Å²) in [4.78, 5) is 1.98. The fourth-order valence-corrected chi connectivity index (χ4v) is 1.73. The van der Waals surface area contributed by atoms with Crippen LogP contribution in [0.1, 0.15) is 19.8 Å². The fraction of sp³-hybridized carbons (Fsp3) is 0.889. The Labute approximate surface area is 78.4 Å². The smallest absolute Gasteiger partial charge is 0.0938 e. The van der Waals surface area contributed by atoms with Crippen molar-refractivity contribution in [2.75, 3.05) is 13.1 Å². The van der Waals surface area contributed by atoms with E-state index in [-0.39, 0.29) is 6.04 Å². The van der Waals surface area contributed by atoms with Crippen LogP contribution in [0.2, 0.25) is 0 Å². The second-order valence-electron chi connectivity index (χ2n) is 3.51. The van der Waals surface area contributed by atoms with Crippen molar-refractivity contribution in [3.05, 3.63) is 0 Å². The molecule has 1 fully saturated rings. The minimum absolute atomic E-state index is 0.178. The third-order valence-corrected chi connectivity index (χ3v) is 2.60. The van der Waals surface area contributed by atoms with Gasteiger partial charge < -0.3 is 10.2 Å². The molecule has 0 aromatic heterocycles. The van der Waals surface area contributed by atoms with Gasteiger partial charge in [-0.3, -0.25) is 4.90 Å². The summed E-state index contributed by atoms with van der Waals surface area (Å²) in [7, 11) is 0. The van der Waals surface area contributed by atoms with Crippen molar-refractivity contribution in [2.24, 2.45) is 0 Å². The minimum Gasteiger partial charge on any atom is -0.389 e. The van der Waals surface area contributed by atoms with Gasteiger partial charge in [0.2, 0.25) is 0 Å². The van der Waals surface area contributed by atoms with E-state index in [2.05, 4.69) is 6.07 Å². The molecule has 1 aliphatic rings. The third-order valence-electron chi connectivity index (χ3n) is 2.60. The van der Waals surface area contributed by atoms with E-state index in [1.54, 1.807) is 0 Å². The van der Waals surface area contributed by atoms with Crippen LogP contribution in [0.4, 0.5) is 0 Å². The van der Waals surface area contributed by atoms with E-state index in [4.69, 9.17) is 5.26 Å². The monoisotopic (exact) mass is 184 g/mol. The van der Waals surface area contributed by atoms with Gasteiger partial charge in [-0.25, -0.2) is 0 Å². The lowest BCUT2D eigenvalue weighted by Gasteiger charge is -2.23. The van der Waals surface area contributed by atoms with E-state index in [9.17, 15) is 10.2 Å². The van der Waals surface area contributed by atoms with Gasteiger partial charge in [-0.2, -0.15) is 5.26 Å². The highest BCUT2D eigenvalue weighted by atomic mass is 16.3. The Kier molecular flexibility index (Phi) is 3.67. The Morgan fingerprint density at radius 3 is 2.38 bits per heavy atom. The zero-order valence-corrected chi connectivity index (χ0v) is 7.85. The van der Waals surface area contributed by atoms with E-state index < -0.39 is 12.2 Å². The van der Waals surface area contributed by atoms with Gasteiger partial charge in [-0.05, 0) is 6.42 Å². The van der Waals surface area contributed by atoms with E-state index >= 15 is 0 Å². The van der Waals surface area contributed by atoms with Crippen molar-refractivity contribution in [1.29, 1.82) is 5.26 Å². The SMILES string of the molecule is CCC(CC#N)N1CC(O)C(O)C1. The van der Waals surface area contributed by atoms with Crippen LogP contribution in [0.25, 0.3) is 0 Å². The molecule has 0 aromatic carbocycles. The molecule has 0 aliphatic carbocycles. The van der Waals surface area contributed by atoms with E-state index in [1.807, 2.05) is 11.8 Å². The van der Waals surface area contributed by atoms with Crippen LogP contribution in [-0.4, -0.2) is 46.5 Å². The number of likely N-dealkylation sites (tertiary alicyclic amines) is 1. The van der Waals surface area contributed by atoms with Gasteiger partial charge >= 0.3 is 0 Å². The fourth-order valence-electron chi connectivity index (χ4n) is 1.73. The molecule has 0 spiro atoms. The van der Waals surface area contributed by atoms with Crippen molar-refractivity contribution < 1.29 is 10.2 Å². The summed E-state index contributed by atoms with van der Waals surface area (Å²) in [5, 5.41) is 27.2. The predicted molar refractivity (Wildman–Crippen MR) is 47.9 cm³/mol. The molecule has 1 rings (SSSR count). The lowest BCUT2D eigenvalue weighted by molar-refractivity contribution is 0.0572. The van der Waals surface area contributed by atoms with Crippen molar-refractivity contribution in [2.45, 2.75) is 38.0 Å². The molecule has 0 saturated carbocycles. The van der Waals surface area contributed by atoms with Gasteiger partial charge in [0.05, 0.1) is 24.7 Å². The first-order valence-corrected chi connectivity index (χ1v) is 4.66. The summed E-state index contributed by atoms with van der Waals surface area (Å²) in [5.41, 5.74) is 0. The number of nitrogens with zero attached hydrogens (tertiary/aromatic N) is 2. The van der Waals surface area contributed by atoms with Crippen LogP contribution in [0.15, 0.2) is 0 Å². The first kappa shape index (κ1) is 10.5. The average molecular weight is 184 g/mol. The Balaban J connectivity index is 2.48. The molecule has 1 aliphatic heterocycles. The van der Waals surface area contributed by atoms with Gasteiger partial charge in [0.15, 0.2) is 0 Å². The number of nitriles is 1. The average Bonchev–Trinajstić information content (AvgIpc) is 2.43. The summed E-state index contributed by atoms with van der Waals surface area (Å²) in [6, 6.07) is 2.30. The molecule has 13 heavy (non-hydrogen) atoms. The quantitative estimate of drug-likeness (QED) is 0.633. The highest BCUT2D eigenvalue weighted by Gasteiger charge is 2.32. The van der Waals surface area contributed by atoms with E-state index in [0.29, 0.717) is 19.5 Å². The molecule has 0 amide bonds. The number of hydrogen-bond donors (Lipinski definition) is 2. The van der Waals surface area contributed by atoms with Gasteiger partial charge in [-0.15, -0.1) is 0 Å². The Morgan fingerprint density at radius 2 is 2.00 bits per heavy atom. The number of aliphatic hydroxyl groups is 2. The maximum atomic E-state index is 9.31. The Morgan fingerprint density at radius 1 is 1.46 bits per heavy atom. The van der Waals surface area contributed by atoms with Gasteiger partial charge in [0.1, 0.15) is 0 Å². The van der Waals surface area contributed by atoms with Crippen LogP contribution in [0, 0.1) is 11.3 Å². The van der Waals surface area contributed by atoms with Crippen LogP contribution in [0.3, 0.4) is 0 Å². The Hall–Kier alpha value is -0.630. The molecule has 0 bridgehead atoms. The molecule has 3 unspecified atom stereocenters. The summed E-state index contributed by atoms with van der Waals surface area (Å²) in [5.74, 6) is 0. The third kappa shape index (κ3) is 2.41. The first-order valence-electron chi connectivity index (χ1n) is 4.66. The van der Waals surface area contributed by atoms with Crippen molar-refractivity contribution in [3.8, 4) is 6.07 Å². The van der Waals surface area contributed by atoms with E-state index in [0.717, 1.165) is 6.42 Å². The standard InChI is InChI=1S/C9H16N2O2/c1-2-7(3-4-10)11-5-8(12)9(13)6-11/h7-9,12-13H,2-3,5-6H2,1H3. The molecular weight excluding hydrogens is 168 g/mol. The van der Waals surface area contributed by atoms with Crippen LogP contribution in [-0.2, 0) is 0 Å². The zero-order chi connectivity index (χ0) is 9.84. The lowest BCUT2D eigenvalue weighted by Crippen LogP contribution is -2.33. The first-order chi connectivity index (χ1) is 6.19. The molecule has 0 aromatic rings. The topological polar surface area (TPSA) is 67.5 Å². The molecule has 4 heteroatoms. The van der Waals surface area contributed by atoms with Gasteiger partial charge in [0.25, 0.3) is 0 Å². The number of hydrogen-bond acceptors (Lipinski definition) is 4. The zero-order valence-electron chi connectivity index (χ0n) is 7.85. The number of rotatable bonds is 3. The molecule has 1 saturated heterocycles. The molecule has 4 nitrogen and oxygen atoms in total. The van der Waals surface area contributed by atoms with Crippen molar-refractivity contribution in [3.63, 3.8) is 0 Å². The van der Waals surface area contributed by atoms with Crippen LogP contribution >= 0.6 is 0 Å². The molecule has 3 atom stereocenters. The van der Waals surface area contributed by atoms with E-state index in [1.165, 1.54) is 0 Å². The number of aliphatic hydroxyl groups excluding tert-OH is 2. The summed E-state index contributed by atoms with van der Waals surface area (Å²) >= 11 is 0. The molecule has 74 valence electrons. The molecule has 1 heterocycles. The molecule has 0 radical (unpaired) electrons. The van der Waals surface area contributed by atoms with Crippen molar-refractivity contribution in [1.82, 2.24) is 4.90 Å². The Bertz CT molecular complexity index is 192. The van der Waals surface area contributed by atoms with Gasteiger partial charge in [0, 0.05) is 19.1 Å². The highest BCUT2D eigenvalue weighted by Crippen LogP contribution is 2.17. The van der Waals surface area contributed by atoms with Gasteiger partial charge in [-0.1, -0.05) is 6.92 Å². The highest BCUT2D eigenvalue weighted by molar-refractivity contribution is 4.90. The summed E-state index contributed by atoms with van der Waals surface area (Å²) < 4.78 is 0. The normalized spacial score (nSPS) is 31.5. The lowest BCUT2D eigenvalue weighted by atomic mass is 10.1. The largest absolute Gasteiger partial charge is 0.389 e. The summed E-state index contributed by atoms with van der Waals surface area (Å²) in [6.45, 7) is 2.99. The van der Waals surface area contributed by atoms with Crippen molar-refractivity contribution >= 4 is 0 Å². The maximum Gasteiger partial charge on any atom is 0.0938 e. The predicted octanol–water partition coefficient (Wildman–Crippen LogP) is -0.284. The second kappa shape index (κ2) is 4.56. The molecular formula is C9H16N2O2. The molecule has 2 N–H and O–H groups in total. The van der Waals surface area contributed by atoms with Crippen LogP contribution in [0.5, 0.6) is 0 Å². The number of β-amino-alcohol motifs (C(OH)–C–C–N with tert-alkyl or cyclic N) is 2. The summed E-state index contributed by atoms with van der Waals surface area (Å²) in [6.07, 6.45) is 0.0589. The second-order valence-corrected chi connectivity index (χ2v) is 3.51. The minimum atomic E-state index is -0.646. The maximum absolute atomic E-state index is 9.31. The van der Waals surface area contributed by atoms with Crippen LogP contribution < -0.4 is 0 Å².